The summed E-state index contributed by atoms with van der Waals surface area (Å²) in [7, 11) is 1.87. The van der Waals surface area contributed by atoms with E-state index in [-0.39, 0.29) is 5.91 Å². The number of hydrogen-bond acceptors (Lipinski definition) is 4. The van der Waals surface area contributed by atoms with E-state index >= 15 is 0 Å². The lowest BCUT2D eigenvalue weighted by molar-refractivity contribution is 0.0954. The highest BCUT2D eigenvalue weighted by Gasteiger charge is 2.07. The lowest BCUT2D eigenvalue weighted by Gasteiger charge is -2.06. The summed E-state index contributed by atoms with van der Waals surface area (Å²) in [6.45, 7) is 0.498. The Morgan fingerprint density at radius 1 is 1.47 bits per heavy atom. The van der Waals surface area contributed by atoms with Crippen molar-refractivity contribution in [2.45, 2.75) is 6.42 Å². The van der Waals surface area contributed by atoms with E-state index in [1.807, 2.05) is 11.6 Å². The highest BCUT2D eigenvalue weighted by atomic mass is 79.9. The third-order valence-corrected chi connectivity index (χ3v) is 3.08. The zero-order chi connectivity index (χ0) is 13.8. The molecule has 0 saturated carbocycles. The normalized spacial score (nSPS) is 10.4. The molecule has 1 aromatic carbocycles. The van der Waals surface area contributed by atoms with Crippen LogP contribution >= 0.6 is 15.9 Å². The number of carbonyl (C=O) groups is 1. The zero-order valence-electron chi connectivity index (χ0n) is 10.4. The van der Waals surface area contributed by atoms with E-state index in [0.717, 1.165) is 10.3 Å². The molecule has 0 unspecified atom stereocenters. The molecule has 0 bridgehead atoms. The molecule has 1 heterocycles. The van der Waals surface area contributed by atoms with E-state index in [2.05, 4.69) is 31.4 Å². The number of aryl methyl sites for hydroxylation is 1. The summed E-state index contributed by atoms with van der Waals surface area (Å²) < 4.78 is 2.61. The van der Waals surface area contributed by atoms with Gasteiger partial charge in [0.1, 0.15) is 12.2 Å². The third-order valence-electron chi connectivity index (χ3n) is 2.62. The number of amides is 1. The number of nitrogens with one attached hydrogen (secondary N) is 1. The summed E-state index contributed by atoms with van der Waals surface area (Å²) >= 11 is 3.31. The van der Waals surface area contributed by atoms with Crippen molar-refractivity contribution in [1.29, 1.82) is 0 Å². The molecule has 1 amide bonds. The van der Waals surface area contributed by atoms with Crippen LogP contribution in [0.25, 0.3) is 0 Å². The van der Waals surface area contributed by atoms with E-state index in [4.69, 9.17) is 5.73 Å². The van der Waals surface area contributed by atoms with Crippen molar-refractivity contribution in [1.82, 2.24) is 20.1 Å². The minimum Gasteiger partial charge on any atom is -0.399 e. The molecule has 0 aliphatic rings. The number of nitrogens with two attached hydrogens (primary N) is 1. The van der Waals surface area contributed by atoms with Gasteiger partial charge in [0.15, 0.2) is 0 Å². The second-order valence-electron chi connectivity index (χ2n) is 4.14. The molecule has 19 heavy (non-hydrogen) atoms. The van der Waals surface area contributed by atoms with Gasteiger partial charge in [0, 0.05) is 35.7 Å². The fraction of sp³-hybridized carbons (Fsp3) is 0.250. The minimum atomic E-state index is -0.157. The van der Waals surface area contributed by atoms with Crippen molar-refractivity contribution in [2.24, 2.45) is 7.05 Å². The largest absolute Gasteiger partial charge is 0.399 e. The Labute approximate surface area is 119 Å². The molecule has 0 saturated heterocycles. The van der Waals surface area contributed by atoms with E-state index in [0.29, 0.717) is 24.2 Å². The molecule has 1 aromatic heterocycles. The van der Waals surface area contributed by atoms with Gasteiger partial charge in [0.2, 0.25) is 0 Å². The van der Waals surface area contributed by atoms with Gasteiger partial charge in [0.25, 0.3) is 5.91 Å². The van der Waals surface area contributed by atoms with Gasteiger partial charge in [-0.05, 0) is 18.2 Å². The Kier molecular flexibility index (Phi) is 4.16. The van der Waals surface area contributed by atoms with Gasteiger partial charge in [0.05, 0.1) is 0 Å². The summed E-state index contributed by atoms with van der Waals surface area (Å²) in [6.07, 6.45) is 2.26. The van der Waals surface area contributed by atoms with Crippen LogP contribution in [0.3, 0.4) is 0 Å². The number of nitrogens with zero attached hydrogens (tertiary/aromatic N) is 3. The Hall–Kier alpha value is -1.89. The smallest absolute Gasteiger partial charge is 0.251 e. The van der Waals surface area contributed by atoms with Gasteiger partial charge in [-0.25, -0.2) is 0 Å². The van der Waals surface area contributed by atoms with Crippen molar-refractivity contribution in [3.63, 3.8) is 0 Å². The highest BCUT2D eigenvalue weighted by Crippen LogP contribution is 2.17. The summed E-state index contributed by atoms with van der Waals surface area (Å²) in [5.41, 5.74) is 6.77. The lowest BCUT2D eigenvalue weighted by Crippen LogP contribution is -2.26. The average Bonchev–Trinajstić information content (AvgIpc) is 2.74. The van der Waals surface area contributed by atoms with Crippen LogP contribution in [0.5, 0.6) is 0 Å². The first-order chi connectivity index (χ1) is 9.06. The Balaban J connectivity index is 1.92. The van der Waals surface area contributed by atoms with Crippen LogP contribution in [-0.2, 0) is 13.5 Å². The maximum Gasteiger partial charge on any atom is 0.251 e. The van der Waals surface area contributed by atoms with Crippen LogP contribution < -0.4 is 11.1 Å². The predicted molar refractivity (Wildman–Crippen MR) is 75.6 cm³/mol. The van der Waals surface area contributed by atoms with Crippen LogP contribution in [0.15, 0.2) is 29.0 Å². The molecule has 0 radical (unpaired) electrons. The van der Waals surface area contributed by atoms with E-state index < -0.39 is 0 Å². The molecule has 100 valence electrons. The van der Waals surface area contributed by atoms with Gasteiger partial charge < -0.3 is 15.6 Å². The number of benzene rings is 1. The summed E-state index contributed by atoms with van der Waals surface area (Å²) in [6, 6.07) is 5.12. The maximum atomic E-state index is 11.9. The van der Waals surface area contributed by atoms with Crippen LogP contribution in [0, 0.1) is 0 Å². The number of anilines is 1. The lowest BCUT2D eigenvalue weighted by atomic mass is 10.2. The van der Waals surface area contributed by atoms with Gasteiger partial charge in [-0.15, -0.1) is 10.2 Å². The zero-order valence-corrected chi connectivity index (χ0v) is 12.0. The standard InChI is InChI=1S/C12H14BrN5O/c1-18-7-16-17-11(18)2-3-15-12(19)8-4-9(13)6-10(14)5-8/h4-7H,2-3,14H2,1H3,(H,15,19). The van der Waals surface area contributed by atoms with E-state index in [9.17, 15) is 4.79 Å². The van der Waals surface area contributed by atoms with Gasteiger partial charge in [-0.2, -0.15) is 0 Å². The first kappa shape index (κ1) is 13.5. The summed E-state index contributed by atoms with van der Waals surface area (Å²) in [4.78, 5) is 11.9. The first-order valence-electron chi connectivity index (χ1n) is 5.73. The van der Waals surface area contributed by atoms with E-state index in [1.54, 1.807) is 24.5 Å². The molecule has 0 fully saturated rings. The molecule has 7 heteroatoms. The number of rotatable bonds is 4. The molecular weight excluding hydrogens is 310 g/mol. The van der Waals surface area contributed by atoms with Gasteiger partial charge in [-0.1, -0.05) is 15.9 Å². The maximum absolute atomic E-state index is 11.9. The highest BCUT2D eigenvalue weighted by molar-refractivity contribution is 9.10. The predicted octanol–water partition coefficient (Wildman–Crippen LogP) is 1.13. The number of hydrogen-bond donors (Lipinski definition) is 2. The molecule has 6 nitrogen and oxygen atoms in total. The minimum absolute atomic E-state index is 0.157. The van der Waals surface area contributed by atoms with Crippen molar-refractivity contribution >= 4 is 27.5 Å². The fourth-order valence-electron chi connectivity index (χ4n) is 1.67. The van der Waals surface area contributed by atoms with Crippen LogP contribution in [0.1, 0.15) is 16.2 Å². The van der Waals surface area contributed by atoms with Crippen LogP contribution in [0.2, 0.25) is 0 Å². The molecule has 0 spiro atoms. The topological polar surface area (TPSA) is 85.8 Å². The van der Waals surface area contributed by atoms with Crippen molar-refractivity contribution < 1.29 is 4.79 Å². The van der Waals surface area contributed by atoms with Gasteiger partial charge >= 0.3 is 0 Å². The SMILES string of the molecule is Cn1cnnc1CCNC(=O)c1cc(N)cc(Br)c1. The Bertz CT molecular complexity index is 575. The molecule has 0 aliphatic heterocycles. The van der Waals surface area contributed by atoms with Crippen LogP contribution in [-0.4, -0.2) is 27.2 Å². The molecule has 0 atom stereocenters. The Morgan fingerprint density at radius 2 is 2.26 bits per heavy atom. The van der Waals surface area contributed by atoms with Crippen molar-refractivity contribution in [2.75, 3.05) is 12.3 Å². The second-order valence-corrected chi connectivity index (χ2v) is 5.05. The van der Waals surface area contributed by atoms with Crippen molar-refractivity contribution in [3.05, 3.63) is 40.4 Å². The summed E-state index contributed by atoms with van der Waals surface area (Å²) in [5, 5.41) is 10.5. The third kappa shape index (κ3) is 3.54. The number of aromatic nitrogens is 3. The number of carbonyl (C=O) groups excluding carboxylic acids is 1. The van der Waals surface area contributed by atoms with Crippen LogP contribution in [0.4, 0.5) is 5.69 Å². The Morgan fingerprint density at radius 3 is 2.89 bits per heavy atom. The summed E-state index contributed by atoms with van der Waals surface area (Å²) in [5.74, 6) is 0.671. The molecule has 2 rings (SSSR count). The van der Waals surface area contributed by atoms with Gasteiger partial charge in [-0.3, -0.25) is 4.79 Å². The molecular formula is C12H14BrN5O. The molecule has 0 aliphatic carbocycles. The first-order valence-corrected chi connectivity index (χ1v) is 6.52. The number of halogens is 1. The second kappa shape index (κ2) is 5.83. The molecule has 2 aromatic rings. The molecule has 3 N–H and O–H groups in total. The average molecular weight is 324 g/mol. The quantitative estimate of drug-likeness (QED) is 0.826. The monoisotopic (exact) mass is 323 g/mol. The van der Waals surface area contributed by atoms with Crippen molar-refractivity contribution in [3.8, 4) is 0 Å². The fourth-order valence-corrected chi connectivity index (χ4v) is 2.18. The number of nitrogen functional groups attached to an aromatic ring is 1. The van der Waals surface area contributed by atoms with E-state index in [1.165, 1.54) is 0 Å².